The van der Waals surface area contributed by atoms with E-state index in [2.05, 4.69) is 0 Å². The molecular weight excluding hydrogens is 382 g/mol. The van der Waals surface area contributed by atoms with Gasteiger partial charge in [0.25, 0.3) is 0 Å². The van der Waals surface area contributed by atoms with Gasteiger partial charge in [-0.05, 0) is 23.6 Å². The minimum Gasteiger partial charge on any atom is -0.448 e. The molecule has 0 aliphatic carbocycles. The van der Waals surface area contributed by atoms with Gasteiger partial charge in [-0.25, -0.2) is 4.79 Å². The number of hydrogen-bond acceptors (Lipinski definition) is 4. The Morgan fingerprint density at radius 2 is 1.67 bits per heavy atom. The van der Waals surface area contributed by atoms with Gasteiger partial charge in [0, 0.05) is 5.75 Å². The number of alkyl halides is 1. The highest BCUT2D eigenvalue weighted by atomic mass is 35.5. The molecule has 2 atom stereocenters. The number of β-lactam (4-membered cyclic amide) rings is 1. The molecule has 2 heterocycles. The van der Waals surface area contributed by atoms with E-state index in [9.17, 15) is 9.59 Å². The Morgan fingerprint density at radius 1 is 1.11 bits per heavy atom. The molecule has 2 aromatic rings. The van der Waals surface area contributed by atoms with E-state index in [4.69, 9.17) is 16.3 Å². The Morgan fingerprint density at radius 3 is 2.22 bits per heavy atom. The quantitative estimate of drug-likeness (QED) is 0.441. The molecule has 2 aromatic carbocycles. The highest BCUT2D eigenvalue weighted by Gasteiger charge is 2.52. The number of hydrogen-bond donors (Lipinski definition) is 0. The SMILES string of the molecule is CC1=C(C(=O)OC(c2ccccc2)c2ccccc2)N2C(=O)[C@H](Cl)[C@H]2SC1. The van der Waals surface area contributed by atoms with E-state index in [0.29, 0.717) is 11.4 Å². The number of nitrogens with zero attached hydrogens (tertiary/aromatic N) is 1. The molecule has 0 bridgehead atoms. The first-order valence-corrected chi connectivity index (χ1v) is 10.2. The number of carbonyl (C=O) groups is 2. The predicted molar refractivity (Wildman–Crippen MR) is 106 cm³/mol. The number of thioether (sulfide) groups is 1. The Hall–Kier alpha value is -2.24. The molecule has 4 rings (SSSR count). The van der Waals surface area contributed by atoms with Crippen molar-refractivity contribution >= 4 is 35.2 Å². The van der Waals surface area contributed by atoms with E-state index >= 15 is 0 Å². The van der Waals surface area contributed by atoms with Crippen molar-refractivity contribution in [2.45, 2.75) is 23.8 Å². The minimum absolute atomic E-state index is 0.197. The van der Waals surface area contributed by atoms with Gasteiger partial charge < -0.3 is 4.74 Å². The summed E-state index contributed by atoms with van der Waals surface area (Å²) in [5.74, 6) is -0.0766. The van der Waals surface area contributed by atoms with Crippen LogP contribution < -0.4 is 0 Å². The largest absolute Gasteiger partial charge is 0.448 e. The van der Waals surface area contributed by atoms with Gasteiger partial charge in [0.05, 0.1) is 0 Å². The average Bonchev–Trinajstić information content (AvgIpc) is 2.72. The third kappa shape index (κ3) is 3.26. The lowest BCUT2D eigenvalue weighted by Gasteiger charge is -2.47. The zero-order valence-corrected chi connectivity index (χ0v) is 16.2. The van der Waals surface area contributed by atoms with Crippen LogP contribution in [-0.2, 0) is 14.3 Å². The van der Waals surface area contributed by atoms with Crippen LogP contribution >= 0.6 is 23.4 Å². The highest BCUT2D eigenvalue weighted by molar-refractivity contribution is 8.00. The average molecular weight is 400 g/mol. The van der Waals surface area contributed by atoms with Crippen LogP contribution in [0.5, 0.6) is 0 Å². The molecule has 2 aliphatic rings. The normalized spacial score (nSPS) is 21.7. The van der Waals surface area contributed by atoms with Crippen LogP contribution in [0.4, 0.5) is 0 Å². The van der Waals surface area contributed by atoms with Crippen molar-refractivity contribution in [2.24, 2.45) is 0 Å². The molecule has 1 saturated heterocycles. The van der Waals surface area contributed by atoms with Crippen molar-refractivity contribution in [1.29, 1.82) is 0 Å². The van der Waals surface area contributed by atoms with Gasteiger partial charge in [-0.1, -0.05) is 60.7 Å². The molecule has 0 aromatic heterocycles. The topological polar surface area (TPSA) is 46.6 Å². The van der Waals surface area contributed by atoms with Crippen molar-refractivity contribution < 1.29 is 14.3 Å². The maximum absolute atomic E-state index is 13.1. The Bertz CT molecular complexity index is 861. The van der Waals surface area contributed by atoms with Gasteiger partial charge in [0.2, 0.25) is 5.91 Å². The third-order valence-electron chi connectivity index (χ3n) is 4.72. The lowest BCUT2D eigenvalue weighted by atomic mass is 10.0. The summed E-state index contributed by atoms with van der Waals surface area (Å²) in [6.45, 7) is 1.86. The first kappa shape index (κ1) is 18.1. The van der Waals surface area contributed by atoms with Gasteiger partial charge in [0.1, 0.15) is 16.4 Å². The van der Waals surface area contributed by atoms with E-state index in [1.165, 1.54) is 4.90 Å². The van der Waals surface area contributed by atoms with Crippen LogP contribution in [0.1, 0.15) is 24.2 Å². The highest BCUT2D eigenvalue weighted by Crippen LogP contribution is 2.43. The molecule has 0 unspecified atom stereocenters. The smallest absolute Gasteiger partial charge is 0.356 e. The van der Waals surface area contributed by atoms with Gasteiger partial charge >= 0.3 is 5.97 Å². The van der Waals surface area contributed by atoms with Crippen molar-refractivity contribution in [3.05, 3.63) is 83.1 Å². The second-order valence-electron chi connectivity index (χ2n) is 6.55. The number of halogens is 1. The number of ether oxygens (including phenoxy) is 1. The minimum atomic E-state index is -0.579. The predicted octanol–water partition coefficient (Wildman–Crippen LogP) is 4.12. The molecule has 0 radical (unpaired) electrons. The molecular formula is C21H18ClNO3S. The number of rotatable bonds is 4. The van der Waals surface area contributed by atoms with Crippen LogP contribution in [0, 0.1) is 0 Å². The van der Waals surface area contributed by atoms with Crippen LogP contribution in [0.2, 0.25) is 0 Å². The summed E-state index contributed by atoms with van der Waals surface area (Å²) in [5.41, 5.74) is 2.92. The van der Waals surface area contributed by atoms with Crippen LogP contribution in [-0.4, -0.2) is 33.3 Å². The Balaban J connectivity index is 1.65. The summed E-state index contributed by atoms with van der Waals surface area (Å²) < 4.78 is 5.93. The van der Waals surface area contributed by atoms with Crippen molar-refractivity contribution in [3.63, 3.8) is 0 Å². The van der Waals surface area contributed by atoms with Crippen molar-refractivity contribution in [3.8, 4) is 0 Å². The molecule has 6 heteroatoms. The number of carbonyl (C=O) groups excluding carboxylic acids is 2. The van der Waals surface area contributed by atoms with E-state index in [1.54, 1.807) is 11.8 Å². The zero-order chi connectivity index (χ0) is 19.0. The molecule has 1 amide bonds. The summed E-state index contributed by atoms with van der Waals surface area (Å²) >= 11 is 7.67. The Labute approximate surface area is 167 Å². The number of amides is 1. The molecule has 1 fully saturated rings. The van der Waals surface area contributed by atoms with E-state index < -0.39 is 17.5 Å². The summed E-state index contributed by atoms with van der Waals surface area (Å²) in [4.78, 5) is 26.8. The summed E-state index contributed by atoms with van der Waals surface area (Å²) in [6, 6.07) is 19.2. The molecule has 0 N–H and O–H groups in total. The molecule has 0 spiro atoms. The second kappa shape index (κ2) is 7.41. The van der Waals surface area contributed by atoms with Crippen molar-refractivity contribution in [1.82, 2.24) is 4.90 Å². The Kier molecular flexibility index (Phi) is 4.98. The molecule has 0 saturated carbocycles. The lowest BCUT2D eigenvalue weighted by molar-refractivity contribution is -0.151. The first-order chi connectivity index (χ1) is 13.1. The monoisotopic (exact) mass is 399 g/mol. The molecule has 2 aliphatic heterocycles. The maximum Gasteiger partial charge on any atom is 0.356 e. The van der Waals surface area contributed by atoms with Gasteiger partial charge in [-0.3, -0.25) is 9.69 Å². The zero-order valence-electron chi connectivity index (χ0n) is 14.7. The first-order valence-electron chi connectivity index (χ1n) is 8.67. The fourth-order valence-electron chi connectivity index (χ4n) is 3.33. The number of esters is 1. The fraction of sp³-hybridized carbons (Fsp3) is 0.238. The summed E-state index contributed by atoms with van der Waals surface area (Å²) in [5, 5.41) is -0.776. The summed E-state index contributed by atoms with van der Waals surface area (Å²) in [6.07, 6.45) is -0.545. The third-order valence-corrected chi connectivity index (χ3v) is 6.72. The van der Waals surface area contributed by atoms with E-state index in [-0.39, 0.29) is 11.3 Å². The fourth-order valence-corrected chi connectivity index (χ4v) is 4.97. The van der Waals surface area contributed by atoms with Gasteiger partial charge in [-0.15, -0.1) is 23.4 Å². The maximum atomic E-state index is 13.1. The van der Waals surface area contributed by atoms with Crippen LogP contribution in [0.25, 0.3) is 0 Å². The molecule has 27 heavy (non-hydrogen) atoms. The van der Waals surface area contributed by atoms with Gasteiger partial charge in [-0.2, -0.15) is 0 Å². The lowest BCUT2D eigenvalue weighted by Crippen LogP contribution is -2.62. The number of fused-ring (bicyclic) bond motifs is 1. The standard InChI is InChI=1S/C21H18ClNO3S/c1-13-12-27-20-16(22)19(24)23(20)17(13)21(25)26-18(14-8-4-2-5-9-14)15-10-6-3-7-11-15/h2-11,16,18,20H,12H2,1H3/t16-,20+/m0/s1. The summed E-state index contributed by atoms with van der Waals surface area (Å²) in [7, 11) is 0. The van der Waals surface area contributed by atoms with Gasteiger partial charge in [0.15, 0.2) is 6.10 Å². The van der Waals surface area contributed by atoms with Crippen molar-refractivity contribution in [2.75, 3.05) is 5.75 Å². The van der Waals surface area contributed by atoms with E-state index in [0.717, 1.165) is 16.7 Å². The number of benzene rings is 2. The van der Waals surface area contributed by atoms with E-state index in [1.807, 2.05) is 67.6 Å². The second-order valence-corrected chi connectivity index (χ2v) is 8.12. The molecule has 138 valence electrons. The molecule has 4 nitrogen and oxygen atoms in total. The van der Waals surface area contributed by atoms with Crippen LogP contribution in [0.15, 0.2) is 71.9 Å². The van der Waals surface area contributed by atoms with Crippen LogP contribution in [0.3, 0.4) is 0 Å².